The molecule has 1 aliphatic heterocycles. The molecule has 0 atom stereocenters. The van der Waals surface area contributed by atoms with E-state index in [2.05, 4.69) is 71.3 Å². The fourth-order valence-corrected chi connectivity index (χ4v) is 3.65. The quantitative estimate of drug-likeness (QED) is 0.625. The summed E-state index contributed by atoms with van der Waals surface area (Å²) in [5.74, 6) is 0.990. The molecule has 2 aromatic rings. The molecular formula is C24H34N2O. The lowest BCUT2D eigenvalue weighted by Gasteiger charge is -2.34. The van der Waals surface area contributed by atoms with E-state index in [1.807, 2.05) is 0 Å². The van der Waals surface area contributed by atoms with Crippen LogP contribution in [-0.4, -0.2) is 55.7 Å². The number of ether oxygens (including phenoxy) is 1. The van der Waals surface area contributed by atoms with Gasteiger partial charge in [-0.05, 0) is 55.5 Å². The summed E-state index contributed by atoms with van der Waals surface area (Å²) in [6.07, 6.45) is 4.64. The van der Waals surface area contributed by atoms with Gasteiger partial charge in [0.25, 0.3) is 0 Å². The monoisotopic (exact) mass is 366 g/mol. The molecule has 3 nitrogen and oxygen atoms in total. The van der Waals surface area contributed by atoms with Crippen molar-refractivity contribution in [3.63, 3.8) is 0 Å². The Hall–Kier alpha value is -1.84. The van der Waals surface area contributed by atoms with Gasteiger partial charge in [-0.1, -0.05) is 49.4 Å². The summed E-state index contributed by atoms with van der Waals surface area (Å²) in [4.78, 5) is 5.23. The van der Waals surface area contributed by atoms with Gasteiger partial charge >= 0.3 is 0 Å². The summed E-state index contributed by atoms with van der Waals surface area (Å²) in [7, 11) is 0. The number of piperazine rings is 1. The average molecular weight is 367 g/mol. The van der Waals surface area contributed by atoms with E-state index in [0.717, 1.165) is 31.7 Å². The van der Waals surface area contributed by atoms with E-state index in [9.17, 15) is 0 Å². The highest BCUT2D eigenvalue weighted by molar-refractivity contribution is 5.27. The maximum Gasteiger partial charge on any atom is 0.119 e. The van der Waals surface area contributed by atoms with Gasteiger partial charge in [0, 0.05) is 32.7 Å². The van der Waals surface area contributed by atoms with Crippen LogP contribution in [0.15, 0.2) is 54.6 Å². The Morgan fingerprint density at radius 1 is 0.741 bits per heavy atom. The van der Waals surface area contributed by atoms with Crippen molar-refractivity contribution in [2.24, 2.45) is 0 Å². The molecule has 2 aromatic carbocycles. The average Bonchev–Trinajstić information content (AvgIpc) is 2.73. The topological polar surface area (TPSA) is 15.7 Å². The molecule has 1 aliphatic rings. The fourth-order valence-electron chi connectivity index (χ4n) is 3.65. The summed E-state index contributed by atoms with van der Waals surface area (Å²) in [6.45, 7) is 10.1. The molecule has 27 heavy (non-hydrogen) atoms. The van der Waals surface area contributed by atoms with E-state index in [1.165, 1.54) is 56.7 Å². The summed E-state index contributed by atoms with van der Waals surface area (Å²) in [5.41, 5.74) is 2.87. The highest BCUT2D eigenvalue weighted by Crippen LogP contribution is 2.14. The minimum Gasteiger partial charge on any atom is -0.494 e. The molecule has 0 unspecified atom stereocenters. The predicted octanol–water partition coefficient (Wildman–Crippen LogP) is 4.27. The SMILES string of the molecule is CCCOc1ccc(CCN2CCN(CCCc3ccccc3)CC2)cc1. The Labute approximate surface area is 164 Å². The third-order valence-electron chi connectivity index (χ3n) is 5.36. The largest absolute Gasteiger partial charge is 0.494 e. The second kappa shape index (κ2) is 11.1. The first kappa shape index (κ1) is 19.9. The standard InChI is InChI=1S/C24H34N2O/c1-2-21-27-24-12-10-23(11-13-24)14-16-26-19-17-25(18-20-26)15-6-9-22-7-4-3-5-8-22/h3-5,7-8,10-13H,2,6,9,14-21H2,1H3. The van der Waals surface area contributed by atoms with Crippen LogP contribution < -0.4 is 4.74 Å². The van der Waals surface area contributed by atoms with E-state index >= 15 is 0 Å². The summed E-state index contributed by atoms with van der Waals surface area (Å²) < 4.78 is 5.66. The second-order valence-corrected chi connectivity index (χ2v) is 7.51. The van der Waals surface area contributed by atoms with Crippen LogP contribution in [0, 0.1) is 0 Å². The molecule has 146 valence electrons. The smallest absolute Gasteiger partial charge is 0.119 e. The van der Waals surface area contributed by atoms with E-state index in [-0.39, 0.29) is 0 Å². The molecule has 0 radical (unpaired) electrons. The maximum atomic E-state index is 5.66. The molecule has 0 aromatic heterocycles. The maximum absolute atomic E-state index is 5.66. The normalized spacial score (nSPS) is 15.7. The predicted molar refractivity (Wildman–Crippen MR) is 114 cm³/mol. The van der Waals surface area contributed by atoms with Crippen molar-refractivity contribution in [2.45, 2.75) is 32.6 Å². The minimum absolute atomic E-state index is 0.801. The number of rotatable bonds is 10. The highest BCUT2D eigenvalue weighted by atomic mass is 16.5. The molecule has 0 bridgehead atoms. The van der Waals surface area contributed by atoms with Crippen molar-refractivity contribution in [2.75, 3.05) is 45.9 Å². The molecule has 0 aliphatic carbocycles. The third-order valence-corrected chi connectivity index (χ3v) is 5.36. The first-order valence-electron chi connectivity index (χ1n) is 10.5. The molecule has 1 heterocycles. The van der Waals surface area contributed by atoms with Crippen molar-refractivity contribution in [1.82, 2.24) is 9.80 Å². The van der Waals surface area contributed by atoms with E-state index in [1.54, 1.807) is 0 Å². The van der Waals surface area contributed by atoms with Crippen LogP contribution in [-0.2, 0) is 12.8 Å². The zero-order valence-electron chi connectivity index (χ0n) is 16.8. The van der Waals surface area contributed by atoms with Crippen molar-refractivity contribution in [3.05, 3.63) is 65.7 Å². The van der Waals surface area contributed by atoms with Crippen molar-refractivity contribution >= 4 is 0 Å². The molecule has 0 amide bonds. The van der Waals surface area contributed by atoms with Gasteiger partial charge in [-0.3, -0.25) is 0 Å². The van der Waals surface area contributed by atoms with Crippen LogP contribution in [0.3, 0.4) is 0 Å². The van der Waals surface area contributed by atoms with Crippen LogP contribution in [0.25, 0.3) is 0 Å². The lowest BCUT2D eigenvalue weighted by Crippen LogP contribution is -2.47. The fraction of sp³-hybridized carbons (Fsp3) is 0.500. The number of hydrogen-bond donors (Lipinski definition) is 0. The van der Waals surface area contributed by atoms with Gasteiger partial charge in [0.2, 0.25) is 0 Å². The van der Waals surface area contributed by atoms with Gasteiger partial charge in [0.15, 0.2) is 0 Å². The first-order valence-corrected chi connectivity index (χ1v) is 10.5. The van der Waals surface area contributed by atoms with Crippen LogP contribution in [0.1, 0.15) is 30.9 Å². The molecular weight excluding hydrogens is 332 g/mol. The van der Waals surface area contributed by atoms with Gasteiger partial charge in [-0.15, -0.1) is 0 Å². The molecule has 1 fully saturated rings. The molecule has 0 spiro atoms. The molecule has 0 saturated carbocycles. The Balaban J connectivity index is 1.30. The Morgan fingerprint density at radius 3 is 2.04 bits per heavy atom. The number of benzene rings is 2. The first-order chi connectivity index (χ1) is 13.3. The van der Waals surface area contributed by atoms with Gasteiger partial charge in [0.05, 0.1) is 6.61 Å². The minimum atomic E-state index is 0.801. The number of nitrogens with zero attached hydrogens (tertiary/aromatic N) is 2. The van der Waals surface area contributed by atoms with Crippen LogP contribution in [0.2, 0.25) is 0 Å². The molecule has 0 N–H and O–H groups in total. The zero-order valence-corrected chi connectivity index (χ0v) is 16.8. The lowest BCUT2D eigenvalue weighted by atomic mass is 10.1. The Bertz CT molecular complexity index is 633. The Morgan fingerprint density at radius 2 is 1.37 bits per heavy atom. The second-order valence-electron chi connectivity index (χ2n) is 7.51. The zero-order chi connectivity index (χ0) is 18.7. The van der Waals surface area contributed by atoms with Crippen LogP contribution in [0.4, 0.5) is 0 Å². The summed E-state index contributed by atoms with van der Waals surface area (Å²) in [5, 5.41) is 0. The lowest BCUT2D eigenvalue weighted by molar-refractivity contribution is 0.132. The molecule has 1 saturated heterocycles. The third kappa shape index (κ3) is 7.00. The summed E-state index contributed by atoms with van der Waals surface area (Å²) in [6, 6.07) is 19.5. The van der Waals surface area contributed by atoms with E-state index in [4.69, 9.17) is 4.74 Å². The van der Waals surface area contributed by atoms with Crippen molar-refractivity contribution in [1.29, 1.82) is 0 Å². The van der Waals surface area contributed by atoms with Gasteiger partial charge in [-0.2, -0.15) is 0 Å². The number of aryl methyl sites for hydroxylation is 1. The highest BCUT2D eigenvalue weighted by Gasteiger charge is 2.16. The van der Waals surface area contributed by atoms with Crippen molar-refractivity contribution in [3.8, 4) is 5.75 Å². The molecule has 3 rings (SSSR count). The van der Waals surface area contributed by atoms with Gasteiger partial charge in [-0.25, -0.2) is 0 Å². The van der Waals surface area contributed by atoms with E-state index in [0.29, 0.717) is 0 Å². The van der Waals surface area contributed by atoms with Crippen LogP contribution >= 0.6 is 0 Å². The number of hydrogen-bond acceptors (Lipinski definition) is 3. The van der Waals surface area contributed by atoms with Gasteiger partial charge in [0.1, 0.15) is 5.75 Å². The van der Waals surface area contributed by atoms with Gasteiger partial charge < -0.3 is 14.5 Å². The van der Waals surface area contributed by atoms with Crippen molar-refractivity contribution < 1.29 is 4.74 Å². The van der Waals surface area contributed by atoms with Crippen LogP contribution in [0.5, 0.6) is 5.75 Å². The molecule has 3 heteroatoms. The Kier molecular flexibility index (Phi) is 8.19. The van der Waals surface area contributed by atoms with E-state index < -0.39 is 0 Å². The summed E-state index contributed by atoms with van der Waals surface area (Å²) >= 11 is 0.